The fraction of sp³-hybridized carbons (Fsp3) is 0.333. The number of hydrogen-bond donors (Lipinski definition) is 0. The molecule has 1 aromatic heterocycles. The Morgan fingerprint density at radius 2 is 1.73 bits per heavy atom. The third-order valence-electron chi connectivity index (χ3n) is 5.73. The van der Waals surface area contributed by atoms with Crippen molar-refractivity contribution in [1.29, 1.82) is 0 Å². The number of halogens is 1. The van der Waals surface area contributed by atoms with Gasteiger partial charge >= 0.3 is 0 Å². The Morgan fingerprint density at radius 1 is 0.962 bits per heavy atom. The predicted molar refractivity (Wildman–Crippen MR) is 106 cm³/mol. The van der Waals surface area contributed by atoms with Crippen LogP contribution < -0.4 is 0 Å². The summed E-state index contributed by atoms with van der Waals surface area (Å²) in [5.74, 6) is 0.551. The van der Waals surface area contributed by atoms with Crippen molar-refractivity contribution in [3.63, 3.8) is 0 Å². The van der Waals surface area contributed by atoms with Crippen LogP contribution in [-0.4, -0.2) is 26.4 Å². The second kappa shape index (κ2) is 5.58. The van der Waals surface area contributed by atoms with Gasteiger partial charge in [-0.3, -0.25) is 4.99 Å². The van der Waals surface area contributed by atoms with Crippen molar-refractivity contribution in [3.8, 4) is 0 Å². The Labute approximate surface area is 158 Å². The lowest BCUT2D eigenvalue weighted by atomic mass is 9.66. The minimum absolute atomic E-state index is 0.169. The molecule has 132 valence electrons. The van der Waals surface area contributed by atoms with Crippen LogP contribution in [0.25, 0.3) is 11.0 Å². The maximum absolute atomic E-state index is 6.30. The van der Waals surface area contributed by atoms with Gasteiger partial charge in [-0.1, -0.05) is 43.6 Å². The van der Waals surface area contributed by atoms with E-state index in [1.54, 1.807) is 0 Å². The van der Waals surface area contributed by atoms with Gasteiger partial charge in [0.1, 0.15) is 11.2 Å². The van der Waals surface area contributed by atoms with Crippen molar-refractivity contribution in [1.82, 2.24) is 15.2 Å². The number of aromatic nitrogens is 3. The van der Waals surface area contributed by atoms with Crippen LogP contribution >= 0.6 is 11.6 Å². The zero-order chi connectivity index (χ0) is 18.7. The zero-order valence-electron chi connectivity index (χ0n) is 15.6. The molecule has 0 amide bonds. The third-order valence-corrected chi connectivity index (χ3v) is 5.97. The van der Waals surface area contributed by atoms with Crippen molar-refractivity contribution in [2.75, 3.05) is 0 Å². The third kappa shape index (κ3) is 2.43. The molecule has 26 heavy (non-hydrogen) atoms. The van der Waals surface area contributed by atoms with E-state index in [2.05, 4.69) is 37.9 Å². The fourth-order valence-electron chi connectivity index (χ4n) is 3.42. The minimum Gasteiger partial charge on any atom is -0.274 e. The summed E-state index contributed by atoms with van der Waals surface area (Å²) < 4.78 is 0. The Morgan fingerprint density at radius 3 is 2.50 bits per heavy atom. The van der Waals surface area contributed by atoms with Gasteiger partial charge < -0.3 is 0 Å². The van der Waals surface area contributed by atoms with E-state index in [0.29, 0.717) is 5.82 Å². The molecular weight excluding hydrogens is 344 g/mol. The molecule has 0 saturated heterocycles. The lowest BCUT2D eigenvalue weighted by Crippen LogP contribution is -2.46. The highest BCUT2D eigenvalue weighted by atomic mass is 35.5. The molecule has 4 nitrogen and oxygen atoms in total. The van der Waals surface area contributed by atoms with Gasteiger partial charge in [0.05, 0.1) is 11.1 Å². The van der Waals surface area contributed by atoms with Gasteiger partial charge in [-0.05, 0) is 50.1 Å². The average Bonchev–Trinajstić information content (AvgIpc) is 2.59. The summed E-state index contributed by atoms with van der Waals surface area (Å²) in [5, 5.41) is 9.54. The van der Waals surface area contributed by atoms with Gasteiger partial charge in [-0.2, -0.15) is 0 Å². The van der Waals surface area contributed by atoms with Crippen molar-refractivity contribution in [2.45, 2.75) is 45.6 Å². The number of nitrogens with zero attached hydrogens (tertiary/aromatic N) is 4. The number of aryl methyl sites for hydroxylation is 1. The molecule has 0 N–H and O–H groups in total. The van der Waals surface area contributed by atoms with E-state index in [1.807, 2.05) is 43.3 Å². The Bertz CT molecular complexity index is 1070. The number of benzene rings is 2. The second-order valence-electron chi connectivity index (χ2n) is 7.91. The molecule has 2 heterocycles. The van der Waals surface area contributed by atoms with Crippen molar-refractivity contribution in [2.24, 2.45) is 4.99 Å². The molecule has 3 aromatic rings. The average molecular weight is 365 g/mol. The Balaban J connectivity index is 1.98. The molecule has 2 aromatic carbocycles. The molecule has 0 bridgehead atoms. The van der Waals surface area contributed by atoms with E-state index in [9.17, 15) is 0 Å². The molecule has 1 aliphatic rings. The maximum atomic E-state index is 6.30. The Kier molecular flexibility index (Phi) is 3.67. The minimum atomic E-state index is -0.328. The highest BCUT2D eigenvalue weighted by Crippen LogP contribution is 2.44. The van der Waals surface area contributed by atoms with E-state index < -0.39 is 0 Å². The summed E-state index contributed by atoms with van der Waals surface area (Å²) in [7, 11) is 0. The van der Waals surface area contributed by atoms with Crippen LogP contribution in [0.2, 0.25) is 5.02 Å². The van der Waals surface area contributed by atoms with Crippen LogP contribution in [0.5, 0.6) is 0 Å². The highest BCUT2D eigenvalue weighted by Gasteiger charge is 2.44. The molecule has 1 aliphatic heterocycles. The van der Waals surface area contributed by atoms with Crippen LogP contribution in [0.1, 0.15) is 50.2 Å². The van der Waals surface area contributed by atoms with Crippen molar-refractivity contribution < 1.29 is 0 Å². The maximum Gasteiger partial charge on any atom is 0.201 e. The number of aliphatic imine (C=N–C) groups is 1. The summed E-state index contributed by atoms with van der Waals surface area (Å²) in [5.41, 5.74) is 5.17. The molecule has 0 atom stereocenters. The Hall–Kier alpha value is -2.33. The normalized spacial score (nSPS) is 17.7. The molecule has 0 radical (unpaired) electrons. The van der Waals surface area contributed by atoms with Gasteiger partial charge in [0.2, 0.25) is 5.82 Å². The lowest BCUT2D eigenvalue weighted by Gasteiger charge is -2.44. The van der Waals surface area contributed by atoms with Gasteiger partial charge in [0, 0.05) is 16.0 Å². The summed E-state index contributed by atoms with van der Waals surface area (Å²) in [6.07, 6.45) is 0. The van der Waals surface area contributed by atoms with Crippen LogP contribution in [0.4, 0.5) is 0 Å². The number of hydrogen-bond acceptors (Lipinski definition) is 4. The molecule has 0 saturated carbocycles. The van der Waals surface area contributed by atoms with E-state index in [1.165, 1.54) is 0 Å². The van der Waals surface area contributed by atoms with E-state index >= 15 is 0 Å². The largest absolute Gasteiger partial charge is 0.274 e. The summed E-state index contributed by atoms with van der Waals surface area (Å²) in [6, 6.07) is 11.9. The zero-order valence-corrected chi connectivity index (χ0v) is 16.4. The van der Waals surface area contributed by atoms with Gasteiger partial charge in [0.15, 0.2) is 0 Å². The van der Waals surface area contributed by atoms with Crippen LogP contribution in [0, 0.1) is 6.92 Å². The first kappa shape index (κ1) is 17.1. The van der Waals surface area contributed by atoms with Crippen LogP contribution in [-0.2, 0) is 5.41 Å². The number of rotatable bonds is 1. The van der Waals surface area contributed by atoms with Crippen LogP contribution in [0.3, 0.4) is 0 Å². The smallest absolute Gasteiger partial charge is 0.201 e. The first-order valence-electron chi connectivity index (χ1n) is 8.71. The van der Waals surface area contributed by atoms with E-state index in [-0.39, 0.29) is 11.0 Å². The summed E-state index contributed by atoms with van der Waals surface area (Å²) in [6.45, 7) is 10.7. The fourth-order valence-corrected chi connectivity index (χ4v) is 3.59. The number of fused-ring (bicyclic) bond motifs is 2. The topological polar surface area (TPSA) is 51.0 Å². The van der Waals surface area contributed by atoms with E-state index in [0.717, 1.165) is 38.5 Å². The predicted octanol–water partition coefficient (Wildman–Crippen LogP) is 4.89. The summed E-state index contributed by atoms with van der Waals surface area (Å²) in [4.78, 5) is 9.80. The lowest BCUT2D eigenvalue weighted by molar-refractivity contribution is 0.303. The van der Waals surface area contributed by atoms with E-state index in [4.69, 9.17) is 21.6 Å². The first-order chi connectivity index (χ1) is 12.2. The van der Waals surface area contributed by atoms with Gasteiger partial charge in [-0.15, -0.1) is 10.2 Å². The van der Waals surface area contributed by atoms with Gasteiger partial charge in [0.25, 0.3) is 0 Å². The molecule has 5 heteroatoms. The molecule has 0 spiro atoms. The molecular formula is C21H21ClN4. The van der Waals surface area contributed by atoms with Crippen molar-refractivity contribution in [3.05, 3.63) is 63.9 Å². The SMILES string of the molecule is Cc1cccc2nc(C3=NC(C)(C)C(C)(C)c4cc(Cl)ccc43)nnc12. The van der Waals surface area contributed by atoms with Crippen LogP contribution in [0.15, 0.2) is 41.4 Å². The summed E-state index contributed by atoms with van der Waals surface area (Å²) >= 11 is 6.30. The highest BCUT2D eigenvalue weighted by molar-refractivity contribution is 6.31. The van der Waals surface area contributed by atoms with Gasteiger partial charge in [-0.25, -0.2) is 4.98 Å². The molecule has 0 aliphatic carbocycles. The standard InChI is InChI=1S/C21H21ClN4/c1-12-7-6-8-16-17(12)25-26-19(23-16)18-14-10-9-13(22)11-15(14)20(2,3)21(4,5)24-18/h6-11H,1-5H3. The quantitative estimate of drug-likeness (QED) is 0.617. The van der Waals surface area contributed by atoms with Crippen molar-refractivity contribution >= 4 is 28.3 Å². The second-order valence-corrected chi connectivity index (χ2v) is 8.35. The molecule has 0 fully saturated rings. The molecule has 4 rings (SSSR count). The molecule has 0 unspecified atom stereocenters. The monoisotopic (exact) mass is 364 g/mol. The first-order valence-corrected chi connectivity index (χ1v) is 9.09.